The quantitative estimate of drug-likeness (QED) is 0.493. The molecule has 1 aliphatic rings. The summed E-state index contributed by atoms with van der Waals surface area (Å²) in [5.74, 6) is -1.30. The van der Waals surface area contributed by atoms with Gasteiger partial charge in [-0.15, -0.1) is 0 Å². The molecule has 0 aromatic carbocycles. The molecule has 96 valence electrons. The highest BCUT2D eigenvalue weighted by molar-refractivity contribution is 5.68. The minimum Gasteiger partial charge on any atom is -0.456 e. The first-order valence-electron chi connectivity index (χ1n) is 5.05. The highest BCUT2D eigenvalue weighted by Crippen LogP contribution is 2.21. The average Bonchev–Trinajstić information content (AvgIpc) is 2.22. The molecule has 1 aliphatic heterocycles. The second-order valence-corrected chi connectivity index (χ2v) is 3.65. The SMILES string of the molecule is CC(=O)O[C@H]1[C@H](OC(C)=O)[C@@H](C=O)OC[C@H]1O. The van der Waals surface area contributed by atoms with Gasteiger partial charge in [-0.1, -0.05) is 0 Å². The van der Waals surface area contributed by atoms with Crippen LogP contribution in [0.1, 0.15) is 13.8 Å². The first-order chi connectivity index (χ1) is 7.95. The molecule has 1 saturated heterocycles. The van der Waals surface area contributed by atoms with Crippen LogP contribution in [0.2, 0.25) is 0 Å². The maximum Gasteiger partial charge on any atom is 0.303 e. The van der Waals surface area contributed by atoms with Gasteiger partial charge in [0.05, 0.1) is 6.61 Å². The van der Waals surface area contributed by atoms with E-state index in [1.54, 1.807) is 0 Å². The van der Waals surface area contributed by atoms with Crippen molar-refractivity contribution in [1.82, 2.24) is 0 Å². The largest absolute Gasteiger partial charge is 0.456 e. The van der Waals surface area contributed by atoms with E-state index in [4.69, 9.17) is 14.2 Å². The van der Waals surface area contributed by atoms with Crippen LogP contribution in [-0.2, 0) is 28.6 Å². The summed E-state index contributed by atoms with van der Waals surface area (Å²) in [6, 6.07) is 0. The number of hydrogen-bond acceptors (Lipinski definition) is 7. The van der Waals surface area contributed by atoms with Crippen molar-refractivity contribution in [1.29, 1.82) is 0 Å². The van der Waals surface area contributed by atoms with Crippen LogP contribution in [0.3, 0.4) is 0 Å². The summed E-state index contributed by atoms with van der Waals surface area (Å²) in [7, 11) is 0. The fourth-order valence-electron chi connectivity index (χ4n) is 1.58. The number of aldehydes is 1. The lowest BCUT2D eigenvalue weighted by Gasteiger charge is -2.37. The first-order valence-corrected chi connectivity index (χ1v) is 5.05. The van der Waals surface area contributed by atoms with Gasteiger partial charge in [-0.2, -0.15) is 0 Å². The van der Waals surface area contributed by atoms with E-state index in [9.17, 15) is 19.5 Å². The molecule has 0 saturated carbocycles. The van der Waals surface area contributed by atoms with Crippen molar-refractivity contribution in [2.75, 3.05) is 6.61 Å². The predicted octanol–water partition coefficient (Wildman–Crippen LogP) is -1.19. The van der Waals surface area contributed by atoms with Gasteiger partial charge >= 0.3 is 11.9 Å². The molecule has 17 heavy (non-hydrogen) atoms. The van der Waals surface area contributed by atoms with Crippen LogP contribution in [0.25, 0.3) is 0 Å². The highest BCUT2D eigenvalue weighted by atomic mass is 16.6. The van der Waals surface area contributed by atoms with Crippen LogP contribution in [-0.4, -0.2) is 54.4 Å². The van der Waals surface area contributed by atoms with Crippen LogP contribution in [0.5, 0.6) is 0 Å². The van der Waals surface area contributed by atoms with Gasteiger partial charge in [0.25, 0.3) is 0 Å². The third kappa shape index (κ3) is 3.50. The second kappa shape index (κ2) is 5.74. The lowest BCUT2D eigenvalue weighted by Crippen LogP contribution is -2.56. The Kier molecular flexibility index (Phi) is 4.59. The molecule has 1 N–H and O–H groups in total. The molecule has 0 radical (unpaired) electrons. The van der Waals surface area contributed by atoms with Crippen LogP contribution in [0, 0.1) is 0 Å². The Morgan fingerprint density at radius 3 is 2.24 bits per heavy atom. The third-order valence-electron chi connectivity index (χ3n) is 2.22. The average molecular weight is 246 g/mol. The lowest BCUT2D eigenvalue weighted by atomic mass is 10.0. The molecular weight excluding hydrogens is 232 g/mol. The van der Waals surface area contributed by atoms with Crippen LogP contribution in [0.15, 0.2) is 0 Å². The monoisotopic (exact) mass is 246 g/mol. The summed E-state index contributed by atoms with van der Waals surface area (Å²) < 4.78 is 14.7. The Bertz CT molecular complexity index is 314. The summed E-state index contributed by atoms with van der Waals surface area (Å²) in [4.78, 5) is 32.5. The summed E-state index contributed by atoms with van der Waals surface area (Å²) in [6.45, 7) is 2.13. The molecule has 0 amide bonds. The van der Waals surface area contributed by atoms with Crippen molar-refractivity contribution in [3.63, 3.8) is 0 Å². The molecule has 7 nitrogen and oxygen atoms in total. The fraction of sp³-hybridized carbons (Fsp3) is 0.700. The van der Waals surface area contributed by atoms with Crippen LogP contribution >= 0.6 is 0 Å². The van der Waals surface area contributed by atoms with Crippen molar-refractivity contribution in [3.05, 3.63) is 0 Å². The van der Waals surface area contributed by atoms with Gasteiger partial charge in [-0.3, -0.25) is 9.59 Å². The molecule has 0 bridgehead atoms. The van der Waals surface area contributed by atoms with E-state index in [0.29, 0.717) is 6.29 Å². The number of carbonyl (C=O) groups excluding carboxylic acids is 3. The van der Waals surface area contributed by atoms with Crippen molar-refractivity contribution in [3.8, 4) is 0 Å². The van der Waals surface area contributed by atoms with E-state index in [0.717, 1.165) is 13.8 Å². The topological polar surface area (TPSA) is 99.1 Å². The van der Waals surface area contributed by atoms with Gasteiger partial charge in [0.1, 0.15) is 6.10 Å². The number of aliphatic hydroxyl groups excluding tert-OH is 1. The minimum atomic E-state index is -1.14. The maximum absolute atomic E-state index is 10.9. The minimum absolute atomic E-state index is 0.168. The molecule has 0 aromatic heterocycles. The summed E-state index contributed by atoms with van der Waals surface area (Å²) in [5.41, 5.74) is 0. The molecule has 1 rings (SSSR count). The van der Waals surface area contributed by atoms with E-state index in [1.807, 2.05) is 0 Å². The summed E-state index contributed by atoms with van der Waals surface area (Å²) >= 11 is 0. The number of hydrogen-bond donors (Lipinski definition) is 1. The molecular formula is C10H14O7. The van der Waals surface area contributed by atoms with E-state index in [-0.39, 0.29) is 6.61 Å². The third-order valence-corrected chi connectivity index (χ3v) is 2.22. The summed E-state index contributed by atoms with van der Waals surface area (Å²) in [6.07, 6.45) is -3.97. The van der Waals surface area contributed by atoms with Crippen LogP contribution < -0.4 is 0 Å². The predicted molar refractivity (Wildman–Crippen MR) is 52.9 cm³/mol. The van der Waals surface area contributed by atoms with Gasteiger partial charge in [0.15, 0.2) is 24.6 Å². The number of ether oxygens (including phenoxy) is 3. The molecule has 1 fully saturated rings. The van der Waals surface area contributed by atoms with E-state index in [2.05, 4.69) is 0 Å². The molecule has 0 aromatic rings. The van der Waals surface area contributed by atoms with E-state index < -0.39 is 36.4 Å². The van der Waals surface area contributed by atoms with Gasteiger partial charge in [-0.05, 0) is 0 Å². The molecule has 4 atom stereocenters. The van der Waals surface area contributed by atoms with Crippen LogP contribution in [0.4, 0.5) is 0 Å². The van der Waals surface area contributed by atoms with Crippen molar-refractivity contribution >= 4 is 18.2 Å². The lowest BCUT2D eigenvalue weighted by molar-refractivity contribution is -0.214. The molecule has 0 aliphatic carbocycles. The molecule has 0 spiro atoms. The van der Waals surface area contributed by atoms with Crippen molar-refractivity contribution in [2.45, 2.75) is 38.3 Å². The van der Waals surface area contributed by atoms with Gasteiger partial charge < -0.3 is 24.1 Å². The normalized spacial score (nSPS) is 32.6. The van der Waals surface area contributed by atoms with Gasteiger partial charge in [-0.25, -0.2) is 0 Å². The zero-order valence-electron chi connectivity index (χ0n) is 9.49. The standard InChI is InChI=1S/C10H14O7/c1-5(12)16-9-7(14)4-15-8(3-11)10(9)17-6(2)13/h3,7-10,14H,4H2,1-2H3/t7-,8-,9-,10-/m1/s1. The molecule has 0 unspecified atom stereocenters. The second-order valence-electron chi connectivity index (χ2n) is 3.65. The van der Waals surface area contributed by atoms with E-state index >= 15 is 0 Å². The highest BCUT2D eigenvalue weighted by Gasteiger charge is 2.44. The Morgan fingerprint density at radius 1 is 1.24 bits per heavy atom. The van der Waals surface area contributed by atoms with E-state index in [1.165, 1.54) is 0 Å². The first kappa shape index (κ1) is 13.6. The zero-order valence-corrected chi connectivity index (χ0v) is 9.49. The molecule has 1 heterocycles. The Balaban J connectivity index is 2.86. The number of esters is 2. The van der Waals surface area contributed by atoms with Crippen molar-refractivity contribution in [2.24, 2.45) is 0 Å². The van der Waals surface area contributed by atoms with Gasteiger partial charge in [0, 0.05) is 13.8 Å². The Labute approximate surface area is 97.6 Å². The smallest absolute Gasteiger partial charge is 0.303 e. The number of aliphatic hydroxyl groups is 1. The number of rotatable bonds is 3. The van der Waals surface area contributed by atoms with Crippen molar-refractivity contribution < 1.29 is 33.7 Å². The fourth-order valence-corrected chi connectivity index (χ4v) is 1.58. The zero-order chi connectivity index (χ0) is 13.0. The number of carbonyl (C=O) groups is 3. The van der Waals surface area contributed by atoms with Gasteiger partial charge in [0.2, 0.25) is 0 Å². The molecule has 7 heteroatoms. The maximum atomic E-state index is 10.9. The Hall–Kier alpha value is -1.47. The Morgan fingerprint density at radius 2 is 1.76 bits per heavy atom. The summed E-state index contributed by atoms with van der Waals surface area (Å²) in [5, 5.41) is 9.60.